The van der Waals surface area contributed by atoms with Gasteiger partial charge < -0.3 is 9.80 Å². The Labute approximate surface area is 149 Å². The van der Waals surface area contributed by atoms with Crippen molar-refractivity contribution < 1.29 is 0 Å². The molecule has 24 heavy (non-hydrogen) atoms. The number of rotatable bonds is 2. The van der Waals surface area contributed by atoms with Crippen molar-refractivity contribution >= 4 is 38.5 Å². The Balaban J connectivity index is 1.55. The summed E-state index contributed by atoms with van der Waals surface area (Å²) < 4.78 is 0.838. The minimum atomic E-state index is 0.698. The fraction of sp³-hybridized carbons (Fsp3) is 0.353. The monoisotopic (exact) mass is 386 g/mol. The molecule has 1 aliphatic heterocycles. The first-order valence-corrected chi connectivity index (χ1v) is 8.84. The SMILES string of the molecule is Cc1ccc(N2CCN(c3ncnc4n[nH]c(Br)c34)CC2)cc1C. The highest BCUT2D eigenvalue weighted by Gasteiger charge is 2.22. The number of anilines is 2. The number of aromatic amines is 1. The van der Waals surface area contributed by atoms with E-state index in [9.17, 15) is 0 Å². The fourth-order valence-electron chi connectivity index (χ4n) is 3.14. The Morgan fingerprint density at radius 1 is 1.00 bits per heavy atom. The molecule has 1 N–H and O–H groups in total. The quantitative estimate of drug-likeness (QED) is 0.733. The molecule has 1 saturated heterocycles. The maximum Gasteiger partial charge on any atom is 0.187 e. The zero-order valence-corrected chi connectivity index (χ0v) is 15.3. The Morgan fingerprint density at radius 3 is 2.50 bits per heavy atom. The highest BCUT2D eigenvalue weighted by molar-refractivity contribution is 9.10. The van der Waals surface area contributed by atoms with E-state index < -0.39 is 0 Å². The number of nitrogens with one attached hydrogen (secondary N) is 1. The van der Waals surface area contributed by atoms with Crippen LogP contribution in [0.15, 0.2) is 29.1 Å². The second kappa shape index (κ2) is 6.05. The van der Waals surface area contributed by atoms with Crippen molar-refractivity contribution in [2.45, 2.75) is 13.8 Å². The zero-order valence-electron chi connectivity index (χ0n) is 13.8. The van der Waals surface area contributed by atoms with Crippen LogP contribution in [0.5, 0.6) is 0 Å². The Kier molecular flexibility index (Phi) is 3.88. The number of halogens is 1. The van der Waals surface area contributed by atoms with E-state index in [2.05, 4.69) is 77.9 Å². The molecule has 1 fully saturated rings. The summed E-state index contributed by atoms with van der Waals surface area (Å²) in [4.78, 5) is 13.5. The first kappa shape index (κ1) is 15.4. The largest absolute Gasteiger partial charge is 0.368 e. The third-order valence-corrected chi connectivity index (χ3v) is 5.30. The third-order valence-electron chi connectivity index (χ3n) is 4.72. The Morgan fingerprint density at radius 2 is 1.75 bits per heavy atom. The van der Waals surface area contributed by atoms with Crippen molar-refractivity contribution in [1.29, 1.82) is 0 Å². The van der Waals surface area contributed by atoms with Crippen LogP contribution < -0.4 is 9.80 Å². The van der Waals surface area contributed by atoms with Gasteiger partial charge in [0.2, 0.25) is 0 Å². The normalized spacial score (nSPS) is 15.3. The van der Waals surface area contributed by atoms with Gasteiger partial charge in [-0.1, -0.05) is 6.07 Å². The molecule has 0 aliphatic carbocycles. The predicted octanol–water partition coefficient (Wildman–Crippen LogP) is 3.06. The summed E-state index contributed by atoms with van der Waals surface area (Å²) in [5, 5.41) is 8.08. The molecule has 1 aliphatic rings. The van der Waals surface area contributed by atoms with Crippen molar-refractivity contribution in [3.63, 3.8) is 0 Å². The van der Waals surface area contributed by atoms with E-state index in [-0.39, 0.29) is 0 Å². The van der Waals surface area contributed by atoms with E-state index in [1.807, 2.05) is 0 Å². The molecule has 0 saturated carbocycles. The highest BCUT2D eigenvalue weighted by Crippen LogP contribution is 2.29. The van der Waals surface area contributed by atoms with Crippen LogP contribution in [-0.4, -0.2) is 46.3 Å². The summed E-state index contributed by atoms with van der Waals surface area (Å²) in [6.45, 7) is 8.13. The van der Waals surface area contributed by atoms with Crippen LogP contribution in [-0.2, 0) is 0 Å². The van der Waals surface area contributed by atoms with E-state index in [1.54, 1.807) is 6.33 Å². The van der Waals surface area contributed by atoms with Gasteiger partial charge in [-0.25, -0.2) is 9.97 Å². The number of nitrogens with zero attached hydrogens (tertiary/aromatic N) is 5. The summed E-state index contributed by atoms with van der Waals surface area (Å²) >= 11 is 3.51. The molecule has 0 atom stereocenters. The van der Waals surface area contributed by atoms with Crippen LogP contribution in [0.2, 0.25) is 0 Å². The molecular formula is C17H19BrN6. The number of hydrogen-bond donors (Lipinski definition) is 1. The first-order chi connectivity index (χ1) is 11.6. The predicted molar refractivity (Wildman–Crippen MR) is 99.7 cm³/mol. The summed E-state index contributed by atoms with van der Waals surface area (Å²) in [5.74, 6) is 0.945. The summed E-state index contributed by atoms with van der Waals surface area (Å²) in [7, 11) is 0. The number of H-pyrrole nitrogens is 1. The van der Waals surface area contributed by atoms with Gasteiger partial charge in [-0.2, -0.15) is 5.10 Å². The van der Waals surface area contributed by atoms with Crippen LogP contribution in [0.25, 0.3) is 11.0 Å². The Hall–Kier alpha value is -2.15. The number of fused-ring (bicyclic) bond motifs is 1. The summed E-state index contributed by atoms with van der Waals surface area (Å²) in [6, 6.07) is 6.70. The van der Waals surface area contributed by atoms with Crippen molar-refractivity contribution in [2.75, 3.05) is 36.0 Å². The fourth-order valence-corrected chi connectivity index (χ4v) is 3.59. The van der Waals surface area contributed by atoms with Crippen LogP contribution in [0.3, 0.4) is 0 Å². The minimum Gasteiger partial charge on any atom is -0.368 e. The van der Waals surface area contributed by atoms with Crippen LogP contribution in [0.4, 0.5) is 11.5 Å². The van der Waals surface area contributed by atoms with Gasteiger partial charge in [0, 0.05) is 31.9 Å². The minimum absolute atomic E-state index is 0.698. The van der Waals surface area contributed by atoms with Crippen molar-refractivity contribution in [2.24, 2.45) is 0 Å². The molecule has 3 heterocycles. The van der Waals surface area contributed by atoms with Gasteiger partial charge in [-0.15, -0.1) is 0 Å². The zero-order chi connectivity index (χ0) is 16.7. The van der Waals surface area contributed by atoms with Crippen LogP contribution in [0, 0.1) is 13.8 Å². The lowest BCUT2D eigenvalue weighted by molar-refractivity contribution is 0.648. The van der Waals surface area contributed by atoms with Gasteiger partial charge >= 0.3 is 0 Å². The average molecular weight is 387 g/mol. The van der Waals surface area contributed by atoms with Gasteiger partial charge in [-0.3, -0.25) is 5.10 Å². The number of piperazine rings is 1. The van der Waals surface area contributed by atoms with Crippen molar-refractivity contribution in [3.8, 4) is 0 Å². The third kappa shape index (κ3) is 2.62. The maximum atomic E-state index is 4.49. The molecule has 0 bridgehead atoms. The highest BCUT2D eigenvalue weighted by atomic mass is 79.9. The van der Waals surface area contributed by atoms with Gasteiger partial charge in [0.25, 0.3) is 0 Å². The molecule has 0 amide bonds. The topological polar surface area (TPSA) is 60.9 Å². The van der Waals surface area contributed by atoms with E-state index >= 15 is 0 Å². The first-order valence-electron chi connectivity index (χ1n) is 8.05. The molecular weight excluding hydrogens is 368 g/mol. The van der Waals surface area contributed by atoms with Crippen LogP contribution in [0.1, 0.15) is 11.1 Å². The molecule has 4 rings (SSSR count). The maximum absolute atomic E-state index is 4.49. The summed E-state index contributed by atoms with van der Waals surface area (Å²) in [5.41, 5.74) is 4.68. The number of benzene rings is 1. The lowest BCUT2D eigenvalue weighted by atomic mass is 10.1. The van der Waals surface area contributed by atoms with E-state index in [4.69, 9.17) is 0 Å². The van der Waals surface area contributed by atoms with E-state index in [0.29, 0.717) is 5.65 Å². The van der Waals surface area contributed by atoms with Gasteiger partial charge in [0.05, 0.1) is 5.39 Å². The molecule has 6 nitrogen and oxygen atoms in total. The lowest BCUT2D eigenvalue weighted by Gasteiger charge is -2.37. The second-order valence-electron chi connectivity index (χ2n) is 6.18. The Bertz CT molecular complexity index is 882. The van der Waals surface area contributed by atoms with Crippen molar-refractivity contribution in [1.82, 2.24) is 20.2 Å². The molecule has 1 aromatic carbocycles. The molecule has 0 radical (unpaired) electrons. The average Bonchev–Trinajstić information content (AvgIpc) is 2.99. The van der Waals surface area contributed by atoms with Crippen molar-refractivity contribution in [3.05, 3.63) is 40.3 Å². The second-order valence-corrected chi connectivity index (χ2v) is 6.97. The van der Waals surface area contributed by atoms with E-state index in [1.165, 1.54) is 16.8 Å². The van der Waals surface area contributed by atoms with Gasteiger partial charge in [-0.05, 0) is 53.0 Å². The number of hydrogen-bond acceptors (Lipinski definition) is 5. The molecule has 7 heteroatoms. The molecule has 0 unspecified atom stereocenters. The lowest BCUT2D eigenvalue weighted by Crippen LogP contribution is -2.47. The molecule has 0 spiro atoms. The van der Waals surface area contributed by atoms with E-state index in [0.717, 1.165) is 42.0 Å². The van der Waals surface area contributed by atoms with Gasteiger partial charge in [0.15, 0.2) is 5.65 Å². The molecule has 3 aromatic rings. The van der Waals surface area contributed by atoms with Crippen LogP contribution >= 0.6 is 15.9 Å². The standard InChI is InChI=1S/C17H19BrN6/c1-11-3-4-13(9-12(11)2)23-5-7-24(8-6-23)17-14-15(18)21-22-16(14)19-10-20-17/h3-4,9-10H,5-8H2,1-2H3,(H,19,20,21,22). The number of aromatic nitrogens is 4. The molecule has 2 aromatic heterocycles. The smallest absolute Gasteiger partial charge is 0.187 e. The number of aryl methyl sites for hydroxylation is 2. The molecule has 124 valence electrons. The summed E-state index contributed by atoms with van der Waals surface area (Å²) in [6.07, 6.45) is 1.58. The van der Waals surface area contributed by atoms with Gasteiger partial charge in [0.1, 0.15) is 16.7 Å².